The van der Waals surface area contributed by atoms with Crippen LogP contribution in [-0.4, -0.2) is 24.1 Å². The molecule has 1 aliphatic rings. The number of halogens is 1. The van der Waals surface area contributed by atoms with Crippen molar-refractivity contribution in [2.75, 3.05) is 12.4 Å². The zero-order valence-electron chi connectivity index (χ0n) is 14.3. The molecular weight excluding hydrogens is 371 g/mol. The van der Waals surface area contributed by atoms with E-state index in [-0.39, 0.29) is 11.7 Å². The quantitative estimate of drug-likeness (QED) is 0.671. The number of ether oxygens (including phenoxy) is 1. The minimum Gasteiger partial charge on any atom is -0.465 e. The molecule has 0 bridgehead atoms. The molecule has 3 aromatic rings. The van der Waals surface area contributed by atoms with Gasteiger partial charge in [-0.1, -0.05) is 17.3 Å². The van der Waals surface area contributed by atoms with Crippen molar-refractivity contribution in [1.82, 2.24) is 5.16 Å². The molecule has 2 aromatic heterocycles. The molecule has 0 unspecified atom stereocenters. The highest BCUT2D eigenvalue weighted by molar-refractivity contribution is 7.14. The molecule has 6 nitrogen and oxygen atoms in total. The largest absolute Gasteiger partial charge is 0.465 e. The third-order valence-corrected chi connectivity index (χ3v) is 5.45. The third-order valence-electron chi connectivity index (χ3n) is 4.62. The van der Waals surface area contributed by atoms with Crippen molar-refractivity contribution in [3.05, 3.63) is 58.9 Å². The predicted molar refractivity (Wildman–Crippen MR) is 97.1 cm³/mol. The molecule has 4 rings (SSSR count). The van der Waals surface area contributed by atoms with Crippen molar-refractivity contribution in [3.63, 3.8) is 0 Å². The SMILES string of the molecule is COC(=O)c1ccsc1NC(=O)C1(c2cc(-c3ccccc3F)on2)CC1. The van der Waals surface area contributed by atoms with Gasteiger partial charge in [-0.05, 0) is 36.4 Å². The van der Waals surface area contributed by atoms with Crippen LogP contribution in [0.15, 0.2) is 46.3 Å². The minimum absolute atomic E-state index is 0.272. The number of esters is 1. The highest BCUT2D eigenvalue weighted by Crippen LogP contribution is 2.49. The maximum Gasteiger partial charge on any atom is 0.340 e. The first-order chi connectivity index (χ1) is 13.0. The van der Waals surface area contributed by atoms with Crippen LogP contribution in [0.1, 0.15) is 28.9 Å². The Morgan fingerprint density at radius 1 is 1.30 bits per heavy atom. The molecule has 1 fully saturated rings. The van der Waals surface area contributed by atoms with Crippen LogP contribution in [0.3, 0.4) is 0 Å². The Kier molecular flexibility index (Phi) is 4.27. The summed E-state index contributed by atoms with van der Waals surface area (Å²) in [5.41, 5.74) is 0.219. The standard InChI is InChI=1S/C19H15FN2O4S/c1-25-17(23)12-6-9-27-16(12)21-18(24)19(7-8-19)15-10-14(26-22-15)11-4-2-3-5-13(11)20/h2-6,9-10H,7-8H2,1H3,(H,21,24). The van der Waals surface area contributed by atoms with Crippen molar-refractivity contribution in [3.8, 4) is 11.3 Å². The van der Waals surface area contributed by atoms with Gasteiger partial charge in [-0.2, -0.15) is 0 Å². The zero-order chi connectivity index (χ0) is 19.0. The first-order valence-electron chi connectivity index (χ1n) is 8.24. The Morgan fingerprint density at radius 2 is 2.07 bits per heavy atom. The number of amides is 1. The van der Waals surface area contributed by atoms with E-state index in [0.29, 0.717) is 34.7 Å². The summed E-state index contributed by atoms with van der Waals surface area (Å²) in [6.45, 7) is 0. The van der Waals surface area contributed by atoms with Crippen LogP contribution < -0.4 is 5.32 Å². The summed E-state index contributed by atoms with van der Waals surface area (Å²) in [5.74, 6) is -0.937. The molecule has 2 heterocycles. The lowest BCUT2D eigenvalue weighted by Crippen LogP contribution is -2.28. The minimum atomic E-state index is -0.829. The Balaban J connectivity index is 1.58. The smallest absolute Gasteiger partial charge is 0.340 e. The number of methoxy groups -OCH3 is 1. The van der Waals surface area contributed by atoms with E-state index in [2.05, 4.69) is 10.5 Å². The lowest BCUT2D eigenvalue weighted by atomic mass is 10.00. The summed E-state index contributed by atoms with van der Waals surface area (Å²) >= 11 is 1.24. The highest BCUT2D eigenvalue weighted by Gasteiger charge is 2.54. The number of aromatic nitrogens is 1. The van der Waals surface area contributed by atoms with Crippen molar-refractivity contribution >= 4 is 28.2 Å². The summed E-state index contributed by atoms with van der Waals surface area (Å²) in [4.78, 5) is 24.6. The van der Waals surface area contributed by atoms with E-state index in [1.807, 2.05) is 0 Å². The van der Waals surface area contributed by atoms with E-state index in [1.165, 1.54) is 24.5 Å². The van der Waals surface area contributed by atoms with Crippen LogP contribution in [-0.2, 0) is 14.9 Å². The molecule has 1 aromatic carbocycles. The zero-order valence-corrected chi connectivity index (χ0v) is 15.1. The van der Waals surface area contributed by atoms with Gasteiger partial charge in [0.2, 0.25) is 5.91 Å². The van der Waals surface area contributed by atoms with Gasteiger partial charge >= 0.3 is 5.97 Å². The second-order valence-corrected chi connectivity index (χ2v) is 7.16. The van der Waals surface area contributed by atoms with E-state index < -0.39 is 17.2 Å². The lowest BCUT2D eigenvalue weighted by molar-refractivity contribution is -0.118. The molecule has 0 saturated heterocycles. The molecule has 1 saturated carbocycles. The molecule has 0 aliphatic heterocycles. The number of carbonyl (C=O) groups is 2. The fraction of sp³-hybridized carbons (Fsp3) is 0.211. The van der Waals surface area contributed by atoms with E-state index in [1.54, 1.807) is 35.7 Å². The Morgan fingerprint density at radius 3 is 2.78 bits per heavy atom. The first kappa shape index (κ1) is 17.4. The average molecular weight is 386 g/mol. The van der Waals surface area contributed by atoms with Crippen molar-refractivity contribution in [2.24, 2.45) is 0 Å². The molecule has 138 valence electrons. The van der Waals surface area contributed by atoms with E-state index in [9.17, 15) is 14.0 Å². The van der Waals surface area contributed by atoms with Crippen molar-refractivity contribution in [1.29, 1.82) is 0 Å². The van der Waals surface area contributed by atoms with Gasteiger partial charge in [0.1, 0.15) is 10.8 Å². The molecule has 27 heavy (non-hydrogen) atoms. The van der Waals surface area contributed by atoms with Crippen LogP contribution in [0.5, 0.6) is 0 Å². The van der Waals surface area contributed by atoms with Gasteiger partial charge in [0.15, 0.2) is 5.76 Å². The summed E-state index contributed by atoms with van der Waals surface area (Å²) in [6.07, 6.45) is 1.20. The number of anilines is 1. The third kappa shape index (κ3) is 3.02. The summed E-state index contributed by atoms with van der Waals surface area (Å²) in [6, 6.07) is 9.41. The van der Waals surface area contributed by atoms with Crippen molar-refractivity contribution in [2.45, 2.75) is 18.3 Å². The number of hydrogen-bond donors (Lipinski definition) is 1. The van der Waals surface area contributed by atoms with Gasteiger partial charge in [0.25, 0.3) is 0 Å². The molecule has 0 atom stereocenters. The Bertz CT molecular complexity index is 1020. The molecule has 0 spiro atoms. The van der Waals surface area contributed by atoms with Gasteiger partial charge in [-0.15, -0.1) is 11.3 Å². The van der Waals surface area contributed by atoms with Crippen LogP contribution in [0.4, 0.5) is 9.39 Å². The monoisotopic (exact) mass is 386 g/mol. The number of thiophene rings is 1. The average Bonchev–Trinajstić information content (AvgIpc) is 3.12. The Labute approximate surface area is 157 Å². The maximum atomic E-state index is 14.0. The van der Waals surface area contributed by atoms with E-state index >= 15 is 0 Å². The number of rotatable bonds is 5. The number of carbonyl (C=O) groups excluding carboxylic acids is 2. The molecule has 1 amide bonds. The second-order valence-electron chi connectivity index (χ2n) is 6.25. The first-order valence-corrected chi connectivity index (χ1v) is 9.12. The summed E-state index contributed by atoms with van der Waals surface area (Å²) in [5, 5.41) is 8.92. The molecule has 0 radical (unpaired) electrons. The highest BCUT2D eigenvalue weighted by atomic mass is 32.1. The molecule has 1 N–H and O–H groups in total. The van der Waals surface area contributed by atoms with E-state index in [0.717, 1.165) is 0 Å². The lowest BCUT2D eigenvalue weighted by Gasteiger charge is -2.12. The van der Waals surface area contributed by atoms with E-state index in [4.69, 9.17) is 9.26 Å². The second kappa shape index (κ2) is 6.62. The topological polar surface area (TPSA) is 81.4 Å². The summed E-state index contributed by atoms with van der Waals surface area (Å²) < 4.78 is 24.0. The fourth-order valence-electron chi connectivity index (χ4n) is 2.91. The maximum absolute atomic E-state index is 14.0. The molecular formula is C19H15FN2O4S. The van der Waals surface area contributed by atoms with Gasteiger partial charge in [-0.25, -0.2) is 9.18 Å². The number of nitrogens with one attached hydrogen (secondary N) is 1. The van der Waals surface area contributed by atoms with Crippen LogP contribution >= 0.6 is 11.3 Å². The molecule has 8 heteroatoms. The van der Waals surface area contributed by atoms with Gasteiger partial charge < -0.3 is 14.6 Å². The predicted octanol–water partition coefficient (Wildman–Crippen LogP) is 4.00. The number of hydrogen-bond acceptors (Lipinski definition) is 6. The van der Waals surface area contributed by atoms with Gasteiger partial charge in [0, 0.05) is 6.07 Å². The van der Waals surface area contributed by atoms with Crippen LogP contribution in [0.2, 0.25) is 0 Å². The molecule has 1 aliphatic carbocycles. The number of benzene rings is 1. The van der Waals surface area contributed by atoms with Crippen LogP contribution in [0.25, 0.3) is 11.3 Å². The van der Waals surface area contributed by atoms with Gasteiger partial charge in [-0.3, -0.25) is 4.79 Å². The normalized spacial score (nSPS) is 14.6. The van der Waals surface area contributed by atoms with Crippen molar-refractivity contribution < 1.29 is 23.2 Å². The Hall–Kier alpha value is -3.00. The van der Waals surface area contributed by atoms with Gasteiger partial charge in [0.05, 0.1) is 29.3 Å². The fourth-order valence-corrected chi connectivity index (χ4v) is 3.68. The summed E-state index contributed by atoms with van der Waals surface area (Å²) in [7, 11) is 1.29. The number of nitrogens with zero attached hydrogens (tertiary/aromatic N) is 1. The van der Waals surface area contributed by atoms with Crippen LogP contribution in [0, 0.1) is 5.82 Å².